The van der Waals surface area contributed by atoms with Crippen molar-refractivity contribution in [3.8, 4) is 16.6 Å². The second-order valence-corrected chi connectivity index (χ2v) is 7.75. The highest BCUT2D eigenvalue weighted by atomic mass is 35.5. The number of esters is 1. The van der Waals surface area contributed by atoms with Crippen molar-refractivity contribution < 1.29 is 18.7 Å². The maximum atomic E-state index is 12.5. The molecule has 0 saturated carbocycles. The van der Waals surface area contributed by atoms with E-state index in [9.17, 15) is 9.59 Å². The monoisotopic (exact) mass is 443 g/mol. The molecule has 0 atom stereocenters. The van der Waals surface area contributed by atoms with Crippen molar-refractivity contribution in [1.82, 2.24) is 9.88 Å². The number of thiazole rings is 1. The number of carbonyl (C=O) groups excluding carboxylic acids is 2. The largest absolute Gasteiger partial charge is 0.467 e. The lowest BCUT2D eigenvalue weighted by molar-refractivity contribution is -0.135. The molecule has 0 aliphatic heterocycles. The normalized spacial score (nSPS) is 10.4. The summed E-state index contributed by atoms with van der Waals surface area (Å²) in [5, 5.41) is 10.1. The molecule has 0 aliphatic rings. The van der Waals surface area contributed by atoms with Crippen LogP contribution < -0.4 is 0 Å². The number of rotatable bonds is 8. The van der Waals surface area contributed by atoms with Gasteiger partial charge in [-0.05, 0) is 31.2 Å². The van der Waals surface area contributed by atoms with E-state index in [1.165, 1.54) is 22.5 Å². The molecule has 1 aromatic carbocycles. The summed E-state index contributed by atoms with van der Waals surface area (Å²) in [5.74, 6) is -0.439. The Bertz CT molecular complexity index is 1060. The topological polar surface area (TPSA) is 96.4 Å². The molecule has 9 heteroatoms. The average molecular weight is 444 g/mol. The molecule has 0 radical (unpaired) electrons. The molecular weight excluding hydrogens is 426 g/mol. The quantitative estimate of drug-likeness (QED) is 0.477. The summed E-state index contributed by atoms with van der Waals surface area (Å²) < 4.78 is 10.5. The van der Waals surface area contributed by atoms with Gasteiger partial charge in [0.2, 0.25) is 0 Å². The van der Waals surface area contributed by atoms with E-state index >= 15 is 0 Å². The molecule has 0 bridgehead atoms. The van der Waals surface area contributed by atoms with Gasteiger partial charge in [-0.2, -0.15) is 5.26 Å². The molecule has 1 amide bonds. The van der Waals surface area contributed by atoms with Gasteiger partial charge in [-0.3, -0.25) is 4.79 Å². The summed E-state index contributed by atoms with van der Waals surface area (Å²) in [5.41, 5.74) is 1.36. The van der Waals surface area contributed by atoms with Gasteiger partial charge in [0.05, 0.1) is 31.0 Å². The van der Waals surface area contributed by atoms with Gasteiger partial charge < -0.3 is 14.1 Å². The van der Waals surface area contributed by atoms with Crippen LogP contribution in [0, 0.1) is 18.3 Å². The first-order chi connectivity index (χ1) is 14.5. The van der Waals surface area contributed by atoms with Crippen LogP contribution >= 0.6 is 22.9 Å². The van der Waals surface area contributed by atoms with Crippen LogP contribution in [0.5, 0.6) is 0 Å². The average Bonchev–Trinajstić information content (AvgIpc) is 3.39. The summed E-state index contributed by atoms with van der Waals surface area (Å²) >= 11 is 7.10. The molecule has 2 aromatic heterocycles. The Morgan fingerprint density at radius 1 is 1.30 bits per heavy atom. The third kappa shape index (κ3) is 5.47. The standard InChI is InChI=1S/C21H18ClN3O4S/c1-14-19(30-20(24-14)15-5-7-16(22)8-6-15)21(27)29-13-18(26)25(10-3-9-23)12-17-4-2-11-28-17/h2,4-8,11H,3,10,12-13H2,1H3. The molecule has 0 unspecified atom stereocenters. The molecule has 3 rings (SSSR count). The van der Waals surface area contributed by atoms with E-state index in [4.69, 9.17) is 26.0 Å². The Labute approximate surface area is 182 Å². The van der Waals surface area contributed by atoms with E-state index < -0.39 is 18.5 Å². The minimum Gasteiger partial charge on any atom is -0.467 e. The Hall–Kier alpha value is -3.15. The third-order valence-corrected chi connectivity index (χ3v) is 5.61. The van der Waals surface area contributed by atoms with Crippen molar-refractivity contribution in [1.29, 1.82) is 5.26 Å². The predicted octanol–water partition coefficient (Wildman–Crippen LogP) is 4.46. The van der Waals surface area contributed by atoms with Crippen molar-refractivity contribution in [2.75, 3.05) is 13.2 Å². The van der Waals surface area contributed by atoms with E-state index in [2.05, 4.69) is 4.98 Å². The molecule has 3 aromatic rings. The fourth-order valence-corrected chi connectivity index (χ4v) is 3.74. The Morgan fingerprint density at radius 2 is 2.07 bits per heavy atom. The Balaban J connectivity index is 1.64. The minimum absolute atomic E-state index is 0.165. The lowest BCUT2D eigenvalue weighted by Crippen LogP contribution is -2.34. The number of furan rings is 1. The van der Waals surface area contributed by atoms with Crippen LogP contribution in [0.3, 0.4) is 0 Å². The number of aryl methyl sites for hydroxylation is 1. The highest BCUT2D eigenvalue weighted by Crippen LogP contribution is 2.29. The van der Waals surface area contributed by atoms with Crippen LogP contribution in [0.25, 0.3) is 10.6 Å². The molecule has 0 saturated heterocycles. The molecule has 0 fully saturated rings. The van der Waals surface area contributed by atoms with Gasteiger partial charge in [0.25, 0.3) is 5.91 Å². The number of aromatic nitrogens is 1. The summed E-state index contributed by atoms with van der Waals surface area (Å²) in [4.78, 5) is 31.2. The van der Waals surface area contributed by atoms with Crippen LogP contribution in [0.4, 0.5) is 0 Å². The van der Waals surface area contributed by atoms with Gasteiger partial charge in [-0.25, -0.2) is 9.78 Å². The zero-order chi connectivity index (χ0) is 21.5. The highest BCUT2D eigenvalue weighted by molar-refractivity contribution is 7.17. The smallest absolute Gasteiger partial charge is 0.350 e. The lowest BCUT2D eigenvalue weighted by Gasteiger charge is -2.20. The van der Waals surface area contributed by atoms with Crippen molar-refractivity contribution in [2.24, 2.45) is 0 Å². The number of nitriles is 1. The number of ether oxygens (including phenoxy) is 1. The minimum atomic E-state index is -0.614. The molecular formula is C21H18ClN3O4S. The van der Waals surface area contributed by atoms with E-state index in [0.717, 1.165) is 5.56 Å². The van der Waals surface area contributed by atoms with E-state index in [0.29, 0.717) is 26.4 Å². The van der Waals surface area contributed by atoms with Crippen LogP contribution in [0.2, 0.25) is 5.02 Å². The maximum Gasteiger partial charge on any atom is 0.350 e. The van der Waals surface area contributed by atoms with Crippen molar-refractivity contribution in [2.45, 2.75) is 19.9 Å². The molecule has 7 nitrogen and oxygen atoms in total. The fraction of sp³-hybridized carbons (Fsp3) is 0.238. The fourth-order valence-electron chi connectivity index (χ4n) is 2.65. The summed E-state index contributed by atoms with van der Waals surface area (Å²) in [6.45, 7) is 1.70. The Morgan fingerprint density at radius 3 is 2.73 bits per heavy atom. The lowest BCUT2D eigenvalue weighted by atomic mass is 10.2. The first-order valence-electron chi connectivity index (χ1n) is 9.05. The molecule has 30 heavy (non-hydrogen) atoms. The van der Waals surface area contributed by atoms with Gasteiger partial charge in [0.15, 0.2) is 6.61 Å². The van der Waals surface area contributed by atoms with Crippen LogP contribution in [-0.4, -0.2) is 34.9 Å². The molecule has 0 aliphatic carbocycles. The van der Waals surface area contributed by atoms with Crippen LogP contribution in [0.15, 0.2) is 47.1 Å². The predicted molar refractivity (Wildman–Crippen MR) is 112 cm³/mol. The zero-order valence-electron chi connectivity index (χ0n) is 16.1. The number of carbonyl (C=O) groups is 2. The number of hydrogen-bond acceptors (Lipinski definition) is 7. The first-order valence-corrected chi connectivity index (χ1v) is 10.2. The highest BCUT2D eigenvalue weighted by Gasteiger charge is 2.21. The second kappa shape index (κ2) is 10.1. The maximum absolute atomic E-state index is 12.5. The number of hydrogen-bond donors (Lipinski definition) is 0. The molecule has 0 spiro atoms. The van der Waals surface area contributed by atoms with Gasteiger partial charge >= 0.3 is 5.97 Å². The van der Waals surface area contributed by atoms with Gasteiger partial charge in [0, 0.05) is 17.1 Å². The summed E-state index contributed by atoms with van der Waals surface area (Å²) in [6, 6.07) is 12.6. The second-order valence-electron chi connectivity index (χ2n) is 6.32. The van der Waals surface area contributed by atoms with E-state index in [-0.39, 0.29) is 19.5 Å². The Kier molecular flexibility index (Phi) is 7.22. The van der Waals surface area contributed by atoms with E-state index in [1.54, 1.807) is 31.2 Å². The summed E-state index contributed by atoms with van der Waals surface area (Å²) in [7, 11) is 0. The van der Waals surface area contributed by atoms with Gasteiger partial charge in [0.1, 0.15) is 15.6 Å². The number of halogens is 1. The van der Waals surface area contributed by atoms with Gasteiger partial charge in [-0.1, -0.05) is 23.7 Å². The van der Waals surface area contributed by atoms with E-state index in [1.807, 2.05) is 18.2 Å². The third-order valence-electron chi connectivity index (χ3n) is 4.17. The number of nitrogens with zero attached hydrogens (tertiary/aromatic N) is 3. The molecule has 0 N–H and O–H groups in total. The van der Waals surface area contributed by atoms with Crippen LogP contribution in [-0.2, 0) is 16.1 Å². The molecule has 154 valence electrons. The zero-order valence-corrected chi connectivity index (χ0v) is 17.7. The summed E-state index contributed by atoms with van der Waals surface area (Å²) in [6.07, 6.45) is 1.67. The van der Waals surface area contributed by atoms with Crippen molar-refractivity contribution in [3.63, 3.8) is 0 Å². The first kappa shape index (κ1) is 21.6. The van der Waals surface area contributed by atoms with Gasteiger partial charge in [-0.15, -0.1) is 11.3 Å². The number of amides is 1. The van der Waals surface area contributed by atoms with Crippen LogP contribution in [0.1, 0.15) is 27.5 Å². The number of benzene rings is 1. The van der Waals surface area contributed by atoms with Crippen molar-refractivity contribution >= 4 is 34.8 Å². The van der Waals surface area contributed by atoms with Crippen molar-refractivity contribution in [3.05, 3.63) is 64.0 Å². The molecule has 2 heterocycles. The SMILES string of the molecule is Cc1nc(-c2ccc(Cl)cc2)sc1C(=O)OCC(=O)N(CCC#N)Cc1ccco1.